The van der Waals surface area contributed by atoms with E-state index >= 15 is 0 Å². The van der Waals surface area contributed by atoms with Crippen LogP contribution in [0.5, 0.6) is 0 Å². The molecule has 3 aromatic carbocycles. The average Bonchev–Trinajstić information content (AvgIpc) is 3.67. The molecule has 3 fully saturated rings. The SMILES string of the molecule is Cc1ccc(N=C2NC(=O)/C(=C/c3ccc(Sc4nc5ccc(N6C(=O)[C@@H]7CCCC[C@H]7C6=O)cc5s4)c([N+](=O)[O-])c3)S2)cc1C. The van der Waals surface area contributed by atoms with Gasteiger partial charge in [-0.05, 0) is 97.6 Å². The van der Waals surface area contributed by atoms with Crippen molar-refractivity contribution in [2.45, 2.75) is 48.8 Å². The molecular formula is C33H27N5O5S3. The third kappa shape index (κ3) is 5.74. The molecule has 2 atom stereocenters. The van der Waals surface area contributed by atoms with Crippen molar-refractivity contribution in [1.82, 2.24) is 10.3 Å². The molecule has 2 saturated heterocycles. The number of hydrogen-bond donors (Lipinski definition) is 1. The Morgan fingerprint density at radius 1 is 1.00 bits per heavy atom. The second-order valence-electron chi connectivity index (χ2n) is 11.5. The van der Waals surface area contributed by atoms with Gasteiger partial charge in [0.25, 0.3) is 11.6 Å². The first-order valence-electron chi connectivity index (χ1n) is 14.8. The van der Waals surface area contributed by atoms with Gasteiger partial charge in [-0.1, -0.05) is 36.7 Å². The highest BCUT2D eigenvalue weighted by molar-refractivity contribution is 8.18. The highest BCUT2D eigenvalue weighted by Crippen LogP contribution is 2.43. The van der Waals surface area contributed by atoms with Gasteiger partial charge in [0, 0.05) is 6.07 Å². The number of nitro benzene ring substituents is 1. The van der Waals surface area contributed by atoms with Crippen molar-refractivity contribution in [3.63, 3.8) is 0 Å². The molecule has 13 heteroatoms. The normalized spacial score (nSPS) is 21.4. The minimum absolute atomic E-state index is 0.109. The number of nitro groups is 1. The van der Waals surface area contributed by atoms with Crippen LogP contribution in [0, 0.1) is 35.8 Å². The van der Waals surface area contributed by atoms with Gasteiger partial charge in [0.05, 0.1) is 48.2 Å². The largest absolute Gasteiger partial charge is 0.300 e. The number of fused-ring (bicyclic) bond motifs is 2. The number of imide groups is 1. The number of rotatable bonds is 6. The van der Waals surface area contributed by atoms with Crippen molar-refractivity contribution in [1.29, 1.82) is 0 Å². The number of amidine groups is 1. The molecule has 4 aromatic rings. The van der Waals surface area contributed by atoms with E-state index in [4.69, 9.17) is 0 Å². The van der Waals surface area contributed by atoms with Crippen molar-refractivity contribution in [2.75, 3.05) is 4.90 Å². The molecule has 1 aliphatic carbocycles. The fourth-order valence-corrected chi connectivity index (χ4v) is 8.97. The highest BCUT2D eigenvalue weighted by atomic mass is 32.2. The van der Waals surface area contributed by atoms with Gasteiger partial charge in [-0.3, -0.25) is 29.4 Å². The molecular weight excluding hydrogens is 643 g/mol. The second kappa shape index (κ2) is 12.1. The lowest BCUT2D eigenvalue weighted by Gasteiger charge is -2.19. The zero-order valence-electron chi connectivity index (χ0n) is 24.8. The lowest BCUT2D eigenvalue weighted by atomic mass is 9.81. The molecule has 0 spiro atoms. The van der Waals surface area contributed by atoms with Gasteiger partial charge in [-0.25, -0.2) is 9.98 Å². The number of hydrogen-bond acceptors (Lipinski definition) is 10. The molecule has 232 valence electrons. The van der Waals surface area contributed by atoms with Crippen LogP contribution < -0.4 is 10.2 Å². The van der Waals surface area contributed by atoms with Gasteiger partial charge in [-0.15, -0.1) is 11.3 Å². The summed E-state index contributed by atoms with van der Waals surface area (Å²) >= 11 is 3.70. The van der Waals surface area contributed by atoms with Gasteiger partial charge in [-0.2, -0.15) is 0 Å². The van der Waals surface area contributed by atoms with Crippen molar-refractivity contribution in [3.8, 4) is 0 Å². The summed E-state index contributed by atoms with van der Waals surface area (Å²) in [7, 11) is 0. The van der Waals surface area contributed by atoms with Crippen molar-refractivity contribution in [3.05, 3.63) is 86.3 Å². The summed E-state index contributed by atoms with van der Waals surface area (Å²) in [6.07, 6.45) is 5.04. The fraction of sp³-hybridized carbons (Fsp3) is 0.242. The third-order valence-electron chi connectivity index (χ3n) is 8.50. The van der Waals surface area contributed by atoms with Gasteiger partial charge in [0.15, 0.2) is 9.51 Å². The van der Waals surface area contributed by atoms with E-state index in [0.717, 1.165) is 47.2 Å². The van der Waals surface area contributed by atoms with Crippen LogP contribution in [0.3, 0.4) is 0 Å². The van der Waals surface area contributed by atoms with Crippen molar-refractivity contribution in [2.24, 2.45) is 16.8 Å². The quantitative estimate of drug-likeness (QED) is 0.0963. The first kappa shape index (κ1) is 30.3. The molecule has 3 amide bonds. The Kier molecular flexibility index (Phi) is 7.99. The predicted octanol–water partition coefficient (Wildman–Crippen LogP) is 7.54. The Morgan fingerprint density at radius 3 is 2.48 bits per heavy atom. The van der Waals surface area contributed by atoms with E-state index in [1.165, 1.54) is 45.8 Å². The molecule has 7 rings (SSSR count). The summed E-state index contributed by atoms with van der Waals surface area (Å²) in [5.41, 5.74) is 4.60. The summed E-state index contributed by atoms with van der Waals surface area (Å²) in [4.78, 5) is 61.8. The number of nitrogens with one attached hydrogen (secondary N) is 1. The van der Waals surface area contributed by atoms with Gasteiger partial charge < -0.3 is 5.32 Å². The lowest BCUT2D eigenvalue weighted by molar-refractivity contribution is -0.387. The summed E-state index contributed by atoms with van der Waals surface area (Å²) in [5.74, 6) is -1.04. The molecule has 1 aromatic heterocycles. The van der Waals surface area contributed by atoms with E-state index in [-0.39, 0.29) is 35.2 Å². The number of carbonyl (C=O) groups is 3. The number of thiazole rings is 1. The Labute approximate surface area is 276 Å². The van der Waals surface area contributed by atoms with E-state index in [0.29, 0.717) is 36.1 Å². The van der Waals surface area contributed by atoms with Crippen molar-refractivity contribution < 1.29 is 19.3 Å². The fourth-order valence-electron chi connectivity index (χ4n) is 5.98. The maximum atomic E-state index is 13.1. The van der Waals surface area contributed by atoms with Gasteiger partial charge in [0.2, 0.25) is 11.8 Å². The standard InChI is InChI=1S/C33H27N5O5S3/c1-17-7-9-20(13-18(17)2)34-32-36-29(39)28(44-32)15-19-8-12-26(25(14-19)38(42)43)45-33-35-24-11-10-21(16-27(24)46-33)37-30(40)22-5-3-4-6-23(22)31(37)41/h7-16,22-23H,3-6H2,1-2H3,(H,34,36,39)/b28-15-/t22-,23-/m1/s1. The molecule has 46 heavy (non-hydrogen) atoms. The minimum Gasteiger partial charge on any atom is -0.300 e. The number of aromatic nitrogens is 1. The summed E-state index contributed by atoms with van der Waals surface area (Å²) in [5, 5.41) is 15.3. The van der Waals surface area contributed by atoms with E-state index in [2.05, 4.69) is 15.3 Å². The van der Waals surface area contributed by atoms with Crippen molar-refractivity contribution >= 4 is 91.1 Å². The van der Waals surface area contributed by atoms with Crippen LogP contribution in [-0.2, 0) is 14.4 Å². The number of nitrogens with zero attached hydrogens (tertiary/aromatic N) is 4. The number of amides is 3. The molecule has 1 saturated carbocycles. The average molecular weight is 670 g/mol. The van der Waals surface area contributed by atoms with Crippen LogP contribution in [0.2, 0.25) is 0 Å². The highest BCUT2D eigenvalue weighted by Gasteiger charge is 2.48. The van der Waals surface area contributed by atoms with Crippen LogP contribution in [0.15, 0.2) is 73.7 Å². The van der Waals surface area contributed by atoms with Crippen LogP contribution >= 0.6 is 34.9 Å². The molecule has 10 nitrogen and oxygen atoms in total. The number of benzene rings is 3. The van der Waals surface area contributed by atoms with E-state index in [1.54, 1.807) is 36.4 Å². The lowest BCUT2D eigenvalue weighted by Crippen LogP contribution is -2.30. The zero-order valence-corrected chi connectivity index (χ0v) is 27.3. The van der Waals surface area contributed by atoms with Crippen LogP contribution in [-0.4, -0.2) is 32.8 Å². The topological polar surface area (TPSA) is 135 Å². The molecule has 0 radical (unpaired) electrons. The molecule has 0 bridgehead atoms. The zero-order chi connectivity index (χ0) is 32.1. The predicted molar refractivity (Wildman–Crippen MR) is 182 cm³/mol. The summed E-state index contributed by atoms with van der Waals surface area (Å²) in [6, 6.07) is 15.9. The second-order valence-corrected chi connectivity index (χ2v) is 14.8. The van der Waals surface area contributed by atoms with Gasteiger partial charge >= 0.3 is 0 Å². The number of aliphatic imine (C=N–C) groups is 1. The molecule has 0 unspecified atom stereocenters. The number of carbonyl (C=O) groups excluding carboxylic acids is 3. The number of aryl methyl sites for hydroxylation is 2. The Balaban J connectivity index is 1.11. The van der Waals surface area contributed by atoms with Gasteiger partial charge in [0.1, 0.15) is 0 Å². The Bertz CT molecular complexity index is 2010. The maximum Gasteiger partial charge on any atom is 0.283 e. The van der Waals surface area contributed by atoms with Crippen LogP contribution in [0.1, 0.15) is 42.4 Å². The first-order chi connectivity index (χ1) is 22.1. The van der Waals surface area contributed by atoms with E-state index < -0.39 is 4.92 Å². The first-order valence-corrected chi connectivity index (χ1v) is 17.2. The van der Waals surface area contributed by atoms with E-state index in [9.17, 15) is 24.5 Å². The molecule has 1 N–H and O–H groups in total. The Morgan fingerprint density at radius 2 is 1.76 bits per heavy atom. The maximum absolute atomic E-state index is 13.1. The Hall–Kier alpha value is -4.33. The van der Waals surface area contributed by atoms with Crippen LogP contribution in [0.4, 0.5) is 17.1 Å². The summed E-state index contributed by atoms with van der Waals surface area (Å²) < 4.78 is 1.37. The van der Waals surface area contributed by atoms with Crippen LogP contribution in [0.25, 0.3) is 16.3 Å². The number of thioether (sulfide) groups is 1. The minimum atomic E-state index is -0.450. The summed E-state index contributed by atoms with van der Waals surface area (Å²) in [6.45, 7) is 4.02. The smallest absolute Gasteiger partial charge is 0.283 e. The molecule has 3 heterocycles. The number of anilines is 1. The molecule has 2 aliphatic heterocycles. The molecule has 3 aliphatic rings. The van der Waals surface area contributed by atoms with E-state index in [1.807, 2.05) is 32.0 Å². The third-order valence-corrected chi connectivity index (χ3v) is 11.6. The monoisotopic (exact) mass is 669 g/mol.